The van der Waals surface area contributed by atoms with Crippen LogP contribution in [0.4, 0.5) is 0 Å². The lowest BCUT2D eigenvalue weighted by Gasteiger charge is -2.07. The van der Waals surface area contributed by atoms with Crippen molar-refractivity contribution < 1.29 is 4.79 Å². The third-order valence-electron chi connectivity index (χ3n) is 2.80. The maximum absolute atomic E-state index is 11.6. The maximum atomic E-state index is 11.6. The molecule has 0 radical (unpaired) electrons. The molecule has 102 valence electrons. The zero-order chi connectivity index (χ0) is 14.0. The first kappa shape index (κ1) is 13.5. The van der Waals surface area contributed by atoms with E-state index in [4.69, 9.17) is 0 Å². The fourth-order valence-corrected chi connectivity index (χ4v) is 2.03. The number of nitrogens with one attached hydrogen (secondary N) is 1. The Morgan fingerprint density at radius 2 is 2.11 bits per heavy atom. The van der Waals surface area contributed by atoms with Gasteiger partial charge in [-0.25, -0.2) is 4.98 Å². The van der Waals surface area contributed by atoms with E-state index in [2.05, 4.69) is 20.5 Å². The van der Waals surface area contributed by atoms with E-state index in [1.807, 2.05) is 38.2 Å². The molecule has 0 unspecified atom stereocenters. The zero-order valence-electron chi connectivity index (χ0n) is 11.8. The smallest absolute Gasteiger partial charge is 0.255 e. The molecule has 0 atom stereocenters. The van der Waals surface area contributed by atoms with E-state index >= 15 is 0 Å². The van der Waals surface area contributed by atoms with Crippen molar-refractivity contribution in [2.24, 2.45) is 5.92 Å². The molecule has 0 spiro atoms. The van der Waals surface area contributed by atoms with Crippen LogP contribution in [0.1, 0.15) is 37.5 Å². The molecule has 1 amide bonds. The molecule has 6 heteroatoms. The van der Waals surface area contributed by atoms with Crippen molar-refractivity contribution in [1.29, 1.82) is 0 Å². The standard InChI is InChI=1S/C13H19N5O/c1-8(2)5-12(19)14-7-11-16-17-13-15-9(3)6-10(4)18(11)13/h6,8H,5,7H2,1-4H3,(H,14,19). The second kappa shape index (κ2) is 5.34. The molecular weight excluding hydrogens is 242 g/mol. The Morgan fingerprint density at radius 3 is 2.79 bits per heavy atom. The second-order valence-electron chi connectivity index (χ2n) is 5.17. The Bertz CT molecular complexity index is 602. The van der Waals surface area contributed by atoms with Crippen LogP contribution in [0.15, 0.2) is 6.07 Å². The van der Waals surface area contributed by atoms with Crippen molar-refractivity contribution in [3.63, 3.8) is 0 Å². The molecule has 2 heterocycles. The number of carbonyl (C=O) groups is 1. The first-order valence-corrected chi connectivity index (χ1v) is 6.42. The summed E-state index contributed by atoms with van der Waals surface area (Å²) in [6.45, 7) is 8.31. The van der Waals surface area contributed by atoms with Crippen molar-refractivity contribution >= 4 is 11.7 Å². The fourth-order valence-electron chi connectivity index (χ4n) is 2.03. The van der Waals surface area contributed by atoms with Crippen LogP contribution in [0.5, 0.6) is 0 Å². The fraction of sp³-hybridized carbons (Fsp3) is 0.538. The number of carbonyl (C=O) groups excluding carboxylic acids is 1. The van der Waals surface area contributed by atoms with Crippen LogP contribution in [0.3, 0.4) is 0 Å². The Kier molecular flexibility index (Phi) is 3.78. The summed E-state index contributed by atoms with van der Waals surface area (Å²) in [6, 6.07) is 1.97. The Balaban J connectivity index is 2.16. The van der Waals surface area contributed by atoms with Crippen LogP contribution in [-0.4, -0.2) is 25.5 Å². The van der Waals surface area contributed by atoms with E-state index < -0.39 is 0 Å². The van der Waals surface area contributed by atoms with Gasteiger partial charge in [-0.3, -0.25) is 9.20 Å². The number of rotatable bonds is 4. The zero-order valence-corrected chi connectivity index (χ0v) is 11.8. The van der Waals surface area contributed by atoms with Crippen molar-refractivity contribution in [2.75, 3.05) is 0 Å². The minimum atomic E-state index is 0.0319. The van der Waals surface area contributed by atoms with E-state index in [0.29, 0.717) is 30.5 Å². The van der Waals surface area contributed by atoms with Gasteiger partial charge >= 0.3 is 0 Å². The van der Waals surface area contributed by atoms with Gasteiger partial charge in [0, 0.05) is 17.8 Å². The number of amides is 1. The monoisotopic (exact) mass is 261 g/mol. The molecule has 0 fully saturated rings. The molecule has 0 aliphatic heterocycles. The second-order valence-corrected chi connectivity index (χ2v) is 5.17. The van der Waals surface area contributed by atoms with Gasteiger partial charge in [0.2, 0.25) is 5.91 Å². The molecule has 0 aliphatic rings. The topological polar surface area (TPSA) is 72.2 Å². The van der Waals surface area contributed by atoms with Gasteiger partial charge in [0.05, 0.1) is 6.54 Å². The number of nitrogens with zero attached hydrogens (tertiary/aromatic N) is 4. The molecular formula is C13H19N5O. The molecule has 0 aliphatic carbocycles. The summed E-state index contributed by atoms with van der Waals surface area (Å²) in [5.74, 6) is 1.66. The molecule has 0 bridgehead atoms. The molecule has 2 aromatic heterocycles. The van der Waals surface area contributed by atoms with E-state index in [0.717, 1.165) is 11.4 Å². The minimum absolute atomic E-state index is 0.0319. The maximum Gasteiger partial charge on any atom is 0.255 e. The molecule has 0 aromatic carbocycles. The van der Waals surface area contributed by atoms with Gasteiger partial charge in [-0.2, -0.15) is 0 Å². The average molecular weight is 261 g/mol. The van der Waals surface area contributed by atoms with E-state index in [9.17, 15) is 4.79 Å². The summed E-state index contributed by atoms with van der Waals surface area (Å²) in [5.41, 5.74) is 1.92. The first-order valence-electron chi connectivity index (χ1n) is 6.42. The first-order chi connectivity index (χ1) is 8.97. The Morgan fingerprint density at radius 1 is 1.37 bits per heavy atom. The number of aryl methyl sites for hydroxylation is 2. The lowest BCUT2D eigenvalue weighted by atomic mass is 10.1. The number of hydrogen-bond donors (Lipinski definition) is 1. The summed E-state index contributed by atoms with van der Waals surface area (Å²) in [4.78, 5) is 15.9. The van der Waals surface area contributed by atoms with Crippen LogP contribution in [0.25, 0.3) is 5.78 Å². The Hall–Kier alpha value is -1.98. The summed E-state index contributed by atoms with van der Waals surface area (Å²) >= 11 is 0. The average Bonchev–Trinajstić information content (AvgIpc) is 2.68. The summed E-state index contributed by atoms with van der Waals surface area (Å²) in [6.07, 6.45) is 0.521. The predicted molar refractivity (Wildman–Crippen MR) is 71.6 cm³/mol. The van der Waals surface area contributed by atoms with Crippen molar-refractivity contribution in [3.8, 4) is 0 Å². The quantitative estimate of drug-likeness (QED) is 0.903. The van der Waals surface area contributed by atoms with Crippen molar-refractivity contribution in [2.45, 2.75) is 40.7 Å². The van der Waals surface area contributed by atoms with Crippen molar-refractivity contribution in [1.82, 2.24) is 24.9 Å². The lowest BCUT2D eigenvalue weighted by Crippen LogP contribution is -2.25. The number of aromatic nitrogens is 4. The van der Waals surface area contributed by atoms with Crippen LogP contribution in [0.2, 0.25) is 0 Å². The van der Waals surface area contributed by atoms with Crippen LogP contribution in [0, 0.1) is 19.8 Å². The highest BCUT2D eigenvalue weighted by molar-refractivity contribution is 5.75. The van der Waals surface area contributed by atoms with Gasteiger partial charge in [0.25, 0.3) is 5.78 Å². The van der Waals surface area contributed by atoms with Gasteiger partial charge in [-0.15, -0.1) is 10.2 Å². The minimum Gasteiger partial charge on any atom is -0.349 e. The third-order valence-corrected chi connectivity index (χ3v) is 2.80. The van der Waals surface area contributed by atoms with E-state index in [1.54, 1.807) is 0 Å². The molecule has 2 aromatic rings. The summed E-state index contributed by atoms with van der Waals surface area (Å²) in [7, 11) is 0. The lowest BCUT2D eigenvalue weighted by molar-refractivity contribution is -0.122. The van der Waals surface area contributed by atoms with Crippen LogP contribution >= 0.6 is 0 Å². The molecule has 0 saturated carbocycles. The number of fused-ring (bicyclic) bond motifs is 1. The van der Waals surface area contributed by atoms with E-state index in [-0.39, 0.29) is 5.91 Å². The van der Waals surface area contributed by atoms with Gasteiger partial charge in [-0.1, -0.05) is 13.8 Å². The van der Waals surface area contributed by atoms with Crippen molar-refractivity contribution in [3.05, 3.63) is 23.3 Å². The normalized spacial score (nSPS) is 11.2. The van der Waals surface area contributed by atoms with Gasteiger partial charge in [0.15, 0.2) is 5.82 Å². The van der Waals surface area contributed by atoms with Crippen LogP contribution < -0.4 is 5.32 Å². The highest BCUT2D eigenvalue weighted by Gasteiger charge is 2.11. The largest absolute Gasteiger partial charge is 0.349 e. The highest BCUT2D eigenvalue weighted by Crippen LogP contribution is 2.08. The van der Waals surface area contributed by atoms with Gasteiger partial charge < -0.3 is 5.32 Å². The van der Waals surface area contributed by atoms with Crippen LogP contribution in [-0.2, 0) is 11.3 Å². The molecule has 0 saturated heterocycles. The number of hydrogen-bond acceptors (Lipinski definition) is 4. The predicted octanol–water partition coefficient (Wildman–Crippen LogP) is 1.40. The SMILES string of the molecule is Cc1cc(C)n2c(CNC(=O)CC(C)C)nnc2n1. The Labute approximate surface area is 112 Å². The summed E-state index contributed by atoms with van der Waals surface area (Å²) in [5, 5.41) is 11.0. The van der Waals surface area contributed by atoms with Gasteiger partial charge in [-0.05, 0) is 25.8 Å². The third kappa shape index (κ3) is 3.07. The van der Waals surface area contributed by atoms with Gasteiger partial charge in [0.1, 0.15) is 0 Å². The molecule has 2 rings (SSSR count). The highest BCUT2D eigenvalue weighted by atomic mass is 16.1. The molecule has 19 heavy (non-hydrogen) atoms. The molecule has 1 N–H and O–H groups in total. The molecule has 6 nitrogen and oxygen atoms in total. The summed E-state index contributed by atoms with van der Waals surface area (Å²) < 4.78 is 1.86. The van der Waals surface area contributed by atoms with E-state index in [1.165, 1.54) is 0 Å².